The molecular formula is C35H41Cl2NO7. The summed E-state index contributed by atoms with van der Waals surface area (Å²) < 4.78 is 29.1. The first kappa shape index (κ1) is 34.6. The highest BCUT2D eigenvalue weighted by Gasteiger charge is 2.47. The summed E-state index contributed by atoms with van der Waals surface area (Å²) in [5.74, 6) is 0.389. The lowest BCUT2D eigenvalue weighted by Crippen LogP contribution is -2.56. The molecule has 1 aliphatic rings. The molecule has 1 amide bonds. The van der Waals surface area contributed by atoms with Gasteiger partial charge in [-0.05, 0) is 80.3 Å². The maximum Gasteiger partial charge on any atom is 0.309 e. The van der Waals surface area contributed by atoms with Gasteiger partial charge in [-0.15, -0.1) is 0 Å². The molecule has 0 bridgehead atoms. The van der Waals surface area contributed by atoms with Crippen LogP contribution >= 0.6 is 23.2 Å². The fraction of sp³-hybridized carbons (Fsp3) is 0.429. The molecule has 1 aliphatic heterocycles. The first-order valence-corrected chi connectivity index (χ1v) is 15.7. The van der Waals surface area contributed by atoms with Gasteiger partial charge in [0.25, 0.3) is 5.91 Å². The maximum absolute atomic E-state index is 14.4. The molecule has 3 aromatic carbocycles. The summed E-state index contributed by atoms with van der Waals surface area (Å²) in [6, 6.07) is 19.4. The summed E-state index contributed by atoms with van der Waals surface area (Å²) in [5.41, 5.74) is 1.78. The number of carbonyl (C=O) groups is 2. The molecule has 8 nitrogen and oxygen atoms in total. The van der Waals surface area contributed by atoms with Crippen molar-refractivity contribution < 1.29 is 33.3 Å². The Hall–Kier alpha value is -3.30. The number of amides is 1. The summed E-state index contributed by atoms with van der Waals surface area (Å²) in [6.45, 7) is 7.89. The van der Waals surface area contributed by atoms with Crippen LogP contribution in [0.4, 0.5) is 0 Å². The molecule has 4 rings (SSSR count). The van der Waals surface area contributed by atoms with Crippen LogP contribution in [0.2, 0.25) is 10.0 Å². The van der Waals surface area contributed by atoms with Gasteiger partial charge in [-0.1, -0.05) is 60.5 Å². The predicted octanol–water partition coefficient (Wildman–Crippen LogP) is 7.75. The van der Waals surface area contributed by atoms with E-state index in [1.807, 2.05) is 60.4 Å². The third kappa shape index (κ3) is 8.91. The molecule has 0 radical (unpaired) electrons. The van der Waals surface area contributed by atoms with Crippen LogP contribution in [0.15, 0.2) is 66.7 Å². The van der Waals surface area contributed by atoms with Gasteiger partial charge in [-0.25, -0.2) is 0 Å². The van der Waals surface area contributed by atoms with Crippen LogP contribution in [0.1, 0.15) is 69.4 Å². The van der Waals surface area contributed by atoms with Crippen molar-refractivity contribution in [3.8, 4) is 11.5 Å². The Bertz CT molecular complexity index is 1460. The van der Waals surface area contributed by atoms with Gasteiger partial charge < -0.3 is 28.6 Å². The van der Waals surface area contributed by atoms with Crippen molar-refractivity contribution in [3.05, 3.63) is 93.5 Å². The molecule has 4 atom stereocenters. The van der Waals surface area contributed by atoms with E-state index in [0.29, 0.717) is 34.6 Å². The van der Waals surface area contributed by atoms with Crippen LogP contribution < -0.4 is 9.47 Å². The highest BCUT2D eigenvalue weighted by Crippen LogP contribution is 2.45. The molecule has 0 N–H and O–H groups in total. The van der Waals surface area contributed by atoms with Gasteiger partial charge in [0.15, 0.2) is 11.5 Å². The van der Waals surface area contributed by atoms with Crippen LogP contribution in [0.3, 0.4) is 0 Å². The minimum Gasteiger partial charge on any atom is -0.493 e. The van der Waals surface area contributed by atoms with Crippen molar-refractivity contribution in [1.82, 2.24) is 4.90 Å². The standard InChI is InChI=1S/C35H41Cl2NO7/c1-7-27(21-43-20-22-11-16-28(41-5)29(17-22)42-6)38-32(23-12-14-25(36)15-13-23)33(24-9-8-10-26(37)18-24)44-30(34(38)40)19-31(39)45-35(2,3)4/h8-18,27,30,32-33H,7,19-21H2,1-6H3/t27-,30+,32+,33+/m0/s1. The van der Waals surface area contributed by atoms with Gasteiger partial charge in [-0.3, -0.25) is 9.59 Å². The zero-order valence-corrected chi connectivity index (χ0v) is 28.1. The highest BCUT2D eigenvalue weighted by molar-refractivity contribution is 6.30. The molecule has 0 aromatic heterocycles. The van der Waals surface area contributed by atoms with E-state index in [0.717, 1.165) is 16.7 Å². The molecule has 1 heterocycles. The van der Waals surface area contributed by atoms with E-state index in [1.54, 1.807) is 53.2 Å². The van der Waals surface area contributed by atoms with Crippen LogP contribution in [-0.2, 0) is 30.4 Å². The van der Waals surface area contributed by atoms with Crippen molar-refractivity contribution in [2.45, 2.75) is 77.0 Å². The quantitative estimate of drug-likeness (QED) is 0.184. The molecule has 10 heteroatoms. The first-order valence-electron chi connectivity index (χ1n) is 14.9. The van der Waals surface area contributed by atoms with Crippen LogP contribution in [0, 0.1) is 0 Å². The number of ether oxygens (including phenoxy) is 5. The van der Waals surface area contributed by atoms with Gasteiger partial charge in [0.05, 0.1) is 45.9 Å². The van der Waals surface area contributed by atoms with Gasteiger partial charge in [0, 0.05) is 10.0 Å². The van der Waals surface area contributed by atoms with Gasteiger partial charge >= 0.3 is 5.97 Å². The molecule has 242 valence electrons. The van der Waals surface area contributed by atoms with Gasteiger partial charge in [-0.2, -0.15) is 0 Å². The maximum atomic E-state index is 14.4. The fourth-order valence-electron chi connectivity index (χ4n) is 5.45. The number of benzene rings is 3. The molecule has 0 unspecified atom stereocenters. The van der Waals surface area contributed by atoms with Crippen molar-refractivity contribution >= 4 is 35.1 Å². The van der Waals surface area contributed by atoms with Gasteiger partial charge in [0.1, 0.15) is 17.8 Å². The normalized spacial score (nSPS) is 19.2. The van der Waals surface area contributed by atoms with E-state index >= 15 is 0 Å². The van der Waals surface area contributed by atoms with E-state index in [4.69, 9.17) is 46.9 Å². The van der Waals surface area contributed by atoms with E-state index in [1.165, 1.54) is 0 Å². The minimum atomic E-state index is -1.08. The number of hydrogen-bond donors (Lipinski definition) is 0. The van der Waals surface area contributed by atoms with Gasteiger partial charge in [0.2, 0.25) is 0 Å². The second-order valence-electron chi connectivity index (χ2n) is 11.9. The Kier molecular flexibility index (Phi) is 11.8. The summed E-state index contributed by atoms with van der Waals surface area (Å²) in [5, 5.41) is 1.10. The largest absolute Gasteiger partial charge is 0.493 e. The summed E-state index contributed by atoms with van der Waals surface area (Å²) in [7, 11) is 3.17. The Labute approximate surface area is 275 Å². The third-order valence-electron chi connectivity index (χ3n) is 7.48. The number of halogens is 2. The second-order valence-corrected chi connectivity index (χ2v) is 12.8. The van der Waals surface area contributed by atoms with Crippen LogP contribution in [0.25, 0.3) is 0 Å². The molecule has 1 saturated heterocycles. The number of hydrogen-bond acceptors (Lipinski definition) is 7. The van der Waals surface area contributed by atoms with E-state index in [9.17, 15) is 9.59 Å². The minimum absolute atomic E-state index is 0.236. The third-order valence-corrected chi connectivity index (χ3v) is 7.97. The number of morpholine rings is 1. The molecule has 3 aromatic rings. The summed E-state index contributed by atoms with van der Waals surface area (Å²) in [6.07, 6.45) is -1.37. The molecule has 0 saturated carbocycles. The molecule has 1 fully saturated rings. The SMILES string of the molecule is CC[C@@H](COCc1ccc(OC)c(OC)c1)N1C(=O)[C@@H](CC(=O)OC(C)(C)C)O[C@H](c2cccc(Cl)c2)[C@H]1c1ccc(Cl)cc1. The van der Waals surface area contributed by atoms with Crippen molar-refractivity contribution in [1.29, 1.82) is 0 Å². The summed E-state index contributed by atoms with van der Waals surface area (Å²) in [4.78, 5) is 29.2. The lowest BCUT2D eigenvalue weighted by molar-refractivity contribution is -0.188. The molecule has 0 spiro atoms. The van der Waals surface area contributed by atoms with Crippen molar-refractivity contribution in [2.24, 2.45) is 0 Å². The number of rotatable bonds is 12. The van der Waals surface area contributed by atoms with Crippen molar-refractivity contribution in [2.75, 3.05) is 20.8 Å². The average molecular weight is 659 g/mol. The molecular weight excluding hydrogens is 617 g/mol. The molecule has 45 heavy (non-hydrogen) atoms. The smallest absolute Gasteiger partial charge is 0.309 e. The topological polar surface area (TPSA) is 83.5 Å². The first-order chi connectivity index (χ1) is 21.4. The number of esters is 1. The fourth-order valence-corrected chi connectivity index (χ4v) is 5.78. The lowest BCUT2D eigenvalue weighted by Gasteiger charge is -2.48. The highest BCUT2D eigenvalue weighted by atomic mass is 35.5. The Morgan fingerprint density at radius 1 is 0.933 bits per heavy atom. The zero-order chi connectivity index (χ0) is 32.7. The Balaban J connectivity index is 1.70. The second kappa shape index (κ2) is 15.3. The number of nitrogens with zero attached hydrogens (tertiary/aromatic N) is 1. The van der Waals surface area contributed by atoms with Crippen molar-refractivity contribution in [3.63, 3.8) is 0 Å². The molecule has 0 aliphatic carbocycles. The van der Waals surface area contributed by atoms with Crippen LogP contribution in [0.5, 0.6) is 11.5 Å². The lowest BCUT2D eigenvalue weighted by atomic mass is 9.89. The van der Waals surface area contributed by atoms with Crippen LogP contribution in [-0.4, -0.2) is 55.3 Å². The van der Waals surface area contributed by atoms with E-state index in [2.05, 4.69) is 0 Å². The predicted molar refractivity (Wildman–Crippen MR) is 174 cm³/mol. The Morgan fingerprint density at radius 3 is 2.27 bits per heavy atom. The monoisotopic (exact) mass is 657 g/mol. The number of methoxy groups -OCH3 is 2. The Morgan fingerprint density at radius 2 is 1.64 bits per heavy atom. The summed E-state index contributed by atoms with van der Waals surface area (Å²) >= 11 is 12.7. The number of carbonyl (C=O) groups excluding carboxylic acids is 2. The average Bonchev–Trinajstić information content (AvgIpc) is 3.00. The van der Waals surface area contributed by atoms with E-state index < -0.39 is 29.8 Å². The zero-order valence-electron chi connectivity index (χ0n) is 26.5. The van der Waals surface area contributed by atoms with E-state index in [-0.39, 0.29) is 25.0 Å².